The second kappa shape index (κ2) is 10.8. The van der Waals surface area contributed by atoms with E-state index in [1.54, 1.807) is 13.3 Å². The lowest BCUT2D eigenvalue weighted by atomic mass is 9.98. The number of hydrogen-bond acceptors (Lipinski definition) is 8. The van der Waals surface area contributed by atoms with Gasteiger partial charge < -0.3 is 25.4 Å². The van der Waals surface area contributed by atoms with Gasteiger partial charge in [-0.3, -0.25) is 4.90 Å². The summed E-state index contributed by atoms with van der Waals surface area (Å²) in [7, 11) is 1.68. The largest absolute Gasteiger partial charge is 0.493 e. The molecule has 1 aliphatic carbocycles. The highest BCUT2D eigenvalue weighted by Crippen LogP contribution is 2.49. The Morgan fingerprint density at radius 3 is 2.85 bits per heavy atom. The van der Waals surface area contributed by atoms with E-state index >= 15 is 0 Å². The molecule has 3 fully saturated rings. The number of methoxy groups -OCH3 is 1. The van der Waals surface area contributed by atoms with Gasteiger partial charge in [-0.05, 0) is 88.7 Å². The van der Waals surface area contributed by atoms with Crippen LogP contribution in [0.4, 0.5) is 17.5 Å². The van der Waals surface area contributed by atoms with E-state index in [4.69, 9.17) is 9.47 Å². The number of aromatic nitrogens is 2. The average Bonchev–Trinajstić information content (AvgIpc) is 3.55. The fourth-order valence-electron chi connectivity index (χ4n) is 5.34. The molecule has 0 amide bonds. The lowest BCUT2D eigenvalue weighted by Gasteiger charge is -2.23. The first-order valence-corrected chi connectivity index (χ1v) is 12.8. The summed E-state index contributed by atoms with van der Waals surface area (Å²) in [4.78, 5) is 11.7. The lowest BCUT2D eigenvalue weighted by Crippen LogP contribution is -2.32. The molecule has 1 aromatic heterocycles. The molecule has 2 saturated heterocycles. The van der Waals surface area contributed by atoms with Gasteiger partial charge in [-0.1, -0.05) is 0 Å². The maximum atomic E-state index is 6.13. The Morgan fingerprint density at radius 1 is 1.15 bits per heavy atom. The molecule has 1 spiro atoms. The van der Waals surface area contributed by atoms with Crippen molar-refractivity contribution >= 4 is 17.5 Å². The summed E-state index contributed by atoms with van der Waals surface area (Å²) >= 11 is 0. The van der Waals surface area contributed by atoms with Crippen LogP contribution in [0.2, 0.25) is 0 Å². The van der Waals surface area contributed by atoms with E-state index < -0.39 is 0 Å². The molecule has 8 heteroatoms. The van der Waals surface area contributed by atoms with Crippen molar-refractivity contribution in [3.8, 4) is 11.5 Å². The van der Waals surface area contributed by atoms with Gasteiger partial charge in [0, 0.05) is 36.6 Å². The zero-order chi connectivity index (χ0) is 23.2. The lowest BCUT2D eigenvalue weighted by molar-refractivity contribution is 0.206. The number of likely N-dealkylation sites (tertiary alicyclic amines) is 1. The first kappa shape index (κ1) is 23.2. The third-order valence-electron chi connectivity index (χ3n) is 7.50. The van der Waals surface area contributed by atoms with E-state index in [1.807, 2.05) is 24.3 Å². The Bertz CT molecular complexity index is 945. The molecule has 184 valence electrons. The zero-order valence-corrected chi connectivity index (χ0v) is 20.3. The van der Waals surface area contributed by atoms with Gasteiger partial charge in [0.05, 0.1) is 13.7 Å². The normalized spacial score (nSPS) is 19.8. The molecule has 0 atom stereocenters. The monoisotopic (exact) mass is 466 g/mol. The van der Waals surface area contributed by atoms with Crippen molar-refractivity contribution in [3.05, 3.63) is 30.5 Å². The maximum Gasteiger partial charge on any atom is 0.229 e. The van der Waals surface area contributed by atoms with Gasteiger partial charge in [-0.15, -0.1) is 0 Å². The molecule has 1 aromatic carbocycles. The van der Waals surface area contributed by atoms with Crippen LogP contribution in [0.5, 0.6) is 11.5 Å². The van der Waals surface area contributed by atoms with Crippen molar-refractivity contribution < 1.29 is 9.47 Å². The Hall–Kier alpha value is -2.58. The number of hydrogen-bond donors (Lipinski definition) is 3. The number of nitrogens with one attached hydrogen (secondary N) is 3. The fraction of sp³-hybridized carbons (Fsp3) is 0.615. The smallest absolute Gasteiger partial charge is 0.229 e. The van der Waals surface area contributed by atoms with Crippen molar-refractivity contribution in [1.29, 1.82) is 0 Å². The number of piperidine rings is 1. The molecule has 1 saturated carbocycles. The fourth-order valence-corrected chi connectivity index (χ4v) is 5.34. The van der Waals surface area contributed by atoms with E-state index in [0.717, 1.165) is 55.6 Å². The van der Waals surface area contributed by atoms with Gasteiger partial charge in [-0.25, -0.2) is 4.98 Å². The van der Waals surface area contributed by atoms with Gasteiger partial charge in [0.25, 0.3) is 0 Å². The summed E-state index contributed by atoms with van der Waals surface area (Å²) in [6, 6.07) is 7.78. The molecular weight excluding hydrogens is 428 g/mol. The average molecular weight is 467 g/mol. The minimum atomic E-state index is 0.554. The van der Waals surface area contributed by atoms with E-state index in [1.165, 1.54) is 45.1 Å². The van der Waals surface area contributed by atoms with Crippen molar-refractivity contribution in [2.75, 3.05) is 57.1 Å². The summed E-state index contributed by atoms with van der Waals surface area (Å²) in [6.45, 7) is 6.18. The Morgan fingerprint density at radius 2 is 2.03 bits per heavy atom. The molecule has 3 heterocycles. The Balaban J connectivity index is 1.14. The highest BCUT2D eigenvalue weighted by atomic mass is 16.5. The molecule has 34 heavy (non-hydrogen) atoms. The summed E-state index contributed by atoms with van der Waals surface area (Å²) in [5, 5.41) is 10.2. The van der Waals surface area contributed by atoms with Crippen LogP contribution in [0.25, 0.3) is 0 Å². The van der Waals surface area contributed by atoms with Crippen LogP contribution in [0.3, 0.4) is 0 Å². The molecule has 5 rings (SSSR count). The van der Waals surface area contributed by atoms with Crippen LogP contribution >= 0.6 is 0 Å². The third kappa shape index (κ3) is 5.73. The van der Waals surface area contributed by atoms with Crippen LogP contribution in [-0.2, 0) is 0 Å². The summed E-state index contributed by atoms with van der Waals surface area (Å²) in [5.41, 5.74) is 1.43. The summed E-state index contributed by atoms with van der Waals surface area (Å²) in [6.07, 6.45) is 10.7. The molecule has 0 bridgehead atoms. The SMILES string of the molecule is COc1ccc(Nc2nccc(NCC3CCNCC3)n2)cc1OCCCN1CCCC12CC2. The second-order valence-electron chi connectivity index (χ2n) is 9.85. The third-order valence-corrected chi connectivity index (χ3v) is 7.50. The van der Waals surface area contributed by atoms with Gasteiger partial charge in [0.2, 0.25) is 5.95 Å². The number of nitrogens with zero attached hydrogens (tertiary/aromatic N) is 3. The highest BCUT2D eigenvalue weighted by Gasteiger charge is 2.49. The zero-order valence-electron chi connectivity index (χ0n) is 20.3. The van der Waals surface area contributed by atoms with E-state index in [-0.39, 0.29) is 0 Å². The predicted octanol–water partition coefficient (Wildman–Crippen LogP) is 4.04. The van der Waals surface area contributed by atoms with Crippen molar-refractivity contribution in [1.82, 2.24) is 20.2 Å². The molecule has 8 nitrogen and oxygen atoms in total. The van der Waals surface area contributed by atoms with Crippen molar-refractivity contribution in [3.63, 3.8) is 0 Å². The number of benzene rings is 1. The Labute approximate surface area is 202 Å². The first-order valence-electron chi connectivity index (χ1n) is 12.8. The second-order valence-corrected chi connectivity index (χ2v) is 9.85. The van der Waals surface area contributed by atoms with E-state index in [2.05, 4.69) is 30.8 Å². The minimum Gasteiger partial charge on any atom is -0.493 e. The summed E-state index contributed by atoms with van der Waals surface area (Å²) in [5.74, 6) is 3.58. The molecule has 2 aromatic rings. The molecule has 2 aliphatic heterocycles. The van der Waals surface area contributed by atoms with Gasteiger partial charge in [0.15, 0.2) is 11.5 Å². The molecule has 3 N–H and O–H groups in total. The van der Waals surface area contributed by atoms with Crippen molar-refractivity contribution in [2.45, 2.75) is 50.5 Å². The van der Waals surface area contributed by atoms with Crippen LogP contribution < -0.4 is 25.4 Å². The van der Waals surface area contributed by atoms with Crippen LogP contribution in [0.15, 0.2) is 30.5 Å². The van der Waals surface area contributed by atoms with Crippen LogP contribution in [-0.4, -0.2) is 66.8 Å². The molecule has 0 radical (unpaired) electrons. The number of ether oxygens (including phenoxy) is 2. The Kier molecular flexibility index (Phi) is 7.35. The molecular formula is C26H38N6O2. The van der Waals surface area contributed by atoms with Crippen LogP contribution in [0.1, 0.15) is 44.9 Å². The number of rotatable bonds is 11. The summed E-state index contributed by atoms with van der Waals surface area (Å²) < 4.78 is 11.7. The highest BCUT2D eigenvalue weighted by molar-refractivity contribution is 5.60. The molecule has 3 aliphatic rings. The predicted molar refractivity (Wildman–Crippen MR) is 135 cm³/mol. The minimum absolute atomic E-state index is 0.554. The maximum absolute atomic E-state index is 6.13. The van der Waals surface area contributed by atoms with E-state index in [9.17, 15) is 0 Å². The standard InChI is InChI=1S/C26H38N6O2/c1-33-22-5-4-21(18-23(22)34-17-3-16-32-15-2-9-26(32)10-11-26)30-25-28-14-8-24(31-25)29-19-20-6-12-27-13-7-20/h4-5,8,14,18,20,27H,2-3,6-7,9-13,15-17,19H2,1H3,(H2,28,29,30,31). The first-order chi connectivity index (χ1) is 16.7. The topological polar surface area (TPSA) is 83.6 Å². The van der Waals surface area contributed by atoms with Gasteiger partial charge in [-0.2, -0.15) is 4.98 Å². The number of anilines is 3. The van der Waals surface area contributed by atoms with Gasteiger partial charge in [0.1, 0.15) is 5.82 Å². The van der Waals surface area contributed by atoms with Crippen molar-refractivity contribution in [2.24, 2.45) is 5.92 Å². The quantitative estimate of drug-likeness (QED) is 0.428. The molecule has 0 unspecified atom stereocenters. The van der Waals surface area contributed by atoms with Crippen LogP contribution in [0, 0.1) is 5.92 Å². The van der Waals surface area contributed by atoms with E-state index in [0.29, 0.717) is 24.0 Å². The van der Waals surface area contributed by atoms with Gasteiger partial charge >= 0.3 is 0 Å².